The molecule has 0 fully saturated rings. The maximum Gasteiger partial charge on any atom is 0.221 e. The predicted molar refractivity (Wildman–Crippen MR) is 112 cm³/mol. The molecule has 0 atom stereocenters. The molecule has 0 N–H and O–H groups in total. The van der Waals surface area contributed by atoms with Crippen molar-refractivity contribution in [2.24, 2.45) is 0 Å². The maximum atomic E-state index is 10.6. The molecule has 0 radical (unpaired) electrons. The average Bonchev–Trinajstić information content (AvgIpc) is 2.56. The SMILES string of the molecule is CCCCCCCCCCSCCCCCCCCCCC(=O)Cl. The molecule has 0 aliphatic rings. The summed E-state index contributed by atoms with van der Waals surface area (Å²) in [5.41, 5.74) is 0. The van der Waals surface area contributed by atoms with Crippen LogP contribution in [0.3, 0.4) is 0 Å². The third kappa shape index (κ3) is 22.3. The first kappa shape index (κ1) is 24.3. The van der Waals surface area contributed by atoms with E-state index in [0.29, 0.717) is 6.42 Å². The third-order valence-corrected chi connectivity index (χ3v) is 5.90. The lowest BCUT2D eigenvalue weighted by atomic mass is 10.1. The molecule has 0 aromatic carbocycles. The largest absolute Gasteiger partial charge is 0.281 e. The van der Waals surface area contributed by atoms with Crippen LogP contribution in [-0.2, 0) is 4.79 Å². The number of halogens is 1. The number of carbonyl (C=O) groups is 1. The van der Waals surface area contributed by atoms with Crippen molar-refractivity contribution in [1.82, 2.24) is 0 Å². The maximum absolute atomic E-state index is 10.6. The zero-order chi connectivity index (χ0) is 17.7. The topological polar surface area (TPSA) is 17.1 Å². The van der Waals surface area contributed by atoms with E-state index in [2.05, 4.69) is 18.7 Å². The fourth-order valence-electron chi connectivity index (χ4n) is 2.97. The van der Waals surface area contributed by atoms with Crippen molar-refractivity contribution in [3.8, 4) is 0 Å². The van der Waals surface area contributed by atoms with Gasteiger partial charge >= 0.3 is 0 Å². The highest BCUT2D eigenvalue weighted by Gasteiger charge is 1.97. The van der Waals surface area contributed by atoms with Gasteiger partial charge in [-0.15, -0.1) is 0 Å². The molecule has 0 bridgehead atoms. The number of unbranched alkanes of at least 4 members (excludes halogenated alkanes) is 14. The lowest BCUT2D eigenvalue weighted by molar-refractivity contribution is -0.111. The Morgan fingerprint density at radius 1 is 0.625 bits per heavy atom. The standard InChI is InChI=1S/C21H41ClOS/c1-2-3-4-5-6-10-13-16-19-24-20-17-14-11-8-7-9-12-15-18-21(22)23/h2-20H2,1H3. The summed E-state index contributed by atoms with van der Waals surface area (Å²) in [6.07, 6.45) is 22.2. The van der Waals surface area contributed by atoms with E-state index in [9.17, 15) is 4.79 Å². The first-order valence-electron chi connectivity index (χ1n) is 10.5. The van der Waals surface area contributed by atoms with Crippen molar-refractivity contribution in [1.29, 1.82) is 0 Å². The van der Waals surface area contributed by atoms with Gasteiger partial charge in [0, 0.05) is 6.42 Å². The van der Waals surface area contributed by atoms with E-state index < -0.39 is 0 Å². The molecular formula is C21H41ClOS. The van der Waals surface area contributed by atoms with Gasteiger partial charge in [-0.2, -0.15) is 11.8 Å². The van der Waals surface area contributed by atoms with Crippen molar-refractivity contribution in [3.05, 3.63) is 0 Å². The molecule has 0 rings (SSSR count). The number of hydrogen-bond acceptors (Lipinski definition) is 2. The van der Waals surface area contributed by atoms with Crippen molar-refractivity contribution in [2.45, 2.75) is 116 Å². The number of thioether (sulfide) groups is 1. The van der Waals surface area contributed by atoms with Gasteiger partial charge in [-0.05, 0) is 42.4 Å². The summed E-state index contributed by atoms with van der Waals surface area (Å²) >= 11 is 7.48. The van der Waals surface area contributed by atoms with Crippen LogP contribution in [0, 0.1) is 0 Å². The number of carbonyl (C=O) groups excluding carboxylic acids is 1. The van der Waals surface area contributed by atoms with E-state index in [0.717, 1.165) is 12.8 Å². The Bertz CT molecular complexity index is 258. The van der Waals surface area contributed by atoms with Crippen LogP contribution in [-0.4, -0.2) is 16.7 Å². The second kappa shape index (κ2) is 21.4. The fraction of sp³-hybridized carbons (Fsp3) is 0.952. The van der Waals surface area contributed by atoms with Crippen LogP contribution in [0.4, 0.5) is 0 Å². The van der Waals surface area contributed by atoms with Gasteiger partial charge in [0.05, 0.1) is 0 Å². The summed E-state index contributed by atoms with van der Waals surface area (Å²) in [6.45, 7) is 2.28. The lowest BCUT2D eigenvalue weighted by Gasteiger charge is -2.03. The minimum Gasteiger partial charge on any atom is -0.281 e. The van der Waals surface area contributed by atoms with Gasteiger partial charge < -0.3 is 0 Å². The van der Waals surface area contributed by atoms with Gasteiger partial charge in [0.25, 0.3) is 0 Å². The summed E-state index contributed by atoms with van der Waals surface area (Å²) in [5.74, 6) is 2.72. The lowest BCUT2D eigenvalue weighted by Crippen LogP contribution is -1.88. The van der Waals surface area contributed by atoms with E-state index in [1.54, 1.807) is 0 Å². The Kier molecular flexibility index (Phi) is 21.6. The highest BCUT2D eigenvalue weighted by molar-refractivity contribution is 7.99. The van der Waals surface area contributed by atoms with Gasteiger partial charge in [0.15, 0.2) is 0 Å². The Balaban J connectivity index is 2.97. The molecular weight excluding hydrogens is 336 g/mol. The third-order valence-electron chi connectivity index (χ3n) is 4.55. The minimum atomic E-state index is -0.181. The van der Waals surface area contributed by atoms with Gasteiger partial charge in [-0.3, -0.25) is 4.79 Å². The summed E-state index contributed by atoms with van der Waals surface area (Å²) in [5, 5.41) is -0.181. The van der Waals surface area contributed by atoms with Crippen LogP contribution in [0.5, 0.6) is 0 Å². The van der Waals surface area contributed by atoms with Gasteiger partial charge in [-0.25, -0.2) is 0 Å². The number of rotatable bonds is 20. The van der Waals surface area contributed by atoms with Crippen molar-refractivity contribution in [3.63, 3.8) is 0 Å². The minimum absolute atomic E-state index is 0.181. The molecule has 0 unspecified atom stereocenters. The highest BCUT2D eigenvalue weighted by Crippen LogP contribution is 2.14. The van der Waals surface area contributed by atoms with Crippen LogP contribution < -0.4 is 0 Å². The van der Waals surface area contributed by atoms with Crippen LogP contribution >= 0.6 is 23.4 Å². The van der Waals surface area contributed by atoms with E-state index in [1.807, 2.05) is 0 Å². The molecule has 144 valence electrons. The normalized spacial score (nSPS) is 11.1. The zero-order valence-electron chi connectivity index (χ0n) is 16.1. The summed E-state index contributed by atoms with van der Waals surface area (Å²) < 4.78 is 0. The summed E-state index contributed by atoms with van der Waals surface area (Å²) in [6, 6.07) is 0. The first-order chi connectivity index (χ1) is 11.8. The van der Waals surface area contributed by atoms with E-state index >= 15 is 0 Å². The van der Waals surface area contributed by atoms with Crippen LogP contribution in [0.1, 0.15) is 116 Å². The van der Waals surface area contributed by atoms with E-state index in [-0.39, 0.29) is 5.24 Å². The van der Waals surface area contributed by atoms with Gasteiger partial charge in [0.1, 0.15) is 0 Å². The Labute approximate surface area is 161 Å². The van der Waals surface area contributed by atoms with Crippen LogP contribution in [0.15, 0.2) is 0 Å². The Hall–Kier alpha value is 0.310. The monoisotopic (exact) mass is 376 g/mol. The second-order valence-electron chi connectivity index (χ2n) is 7.02. The molecule has 0 aliphatic carbocycles. The molecule has 1 nitrogen and oxygen atoms in total. The van der Waals surface area contributed by atoms with Gasteiger partial charge in [-0.1, -0.05) is 90.4 Å². The predicted octanol–water partition coefficient (Wildman–Crippen LogP) is 8.14. The molecule has 0 aromatic rings. The van der Waals surface area contributed by atoms with Crippen molar-refractivity contribution in [2.75, 3.05) is 11.5 Å². The fourth-order valence-corrected chi connectivity index (χ4v) is 4.12. The van der Waals surface area contributed by atoms with Crippen molar-refractivity contribution < 1.29 is 4.79 Å². The quantitative estimate of drug-likeness (QED) is 0.157. The van der Waals surface area contributed by atoms with Crippen LogP contribution in [0.2, 0.25) is 0 Å². The molecule has 0 saturated carbocycles. The second-order valence-corrected chi connectivity index (χ2v) is 8.67. The smallest absolute Gasteiger partial charge is 0.221 e. The Morgan fingerprint density at radius 3 is 1.42 bits per heavy atom. The molecule has 0 aliphatic heterocycles. The molecule has 24 heavy (non-hydrogen) atoms. The molecule has 0 heterocycles. The average molecular weight is 377 g/mol. The number of hydrogen-bond donors (Lipinski definition) is 0. The summed E-state index contributed by atoms with van der Waals surface area (Å²) in [4.78, 5) is 10.6. The van der Waals surface area contributed by atoms with E-state index in [1.165, 1.54) is 101 Å². The van der Waals surface area contributed by atoms with E-state index in [4.69, 9.17) is 11.6 Å². The molecule has 0 saturated heterocycles. The molecule has 3 heteroatoms. The van der Waals surface area contributed by atoms with Crippen LogP contribution in [0.25, 0.3) is 0 Å². The Morgan fingerprint density at radius 2 is 1.00 bits per heavy atom. The molecule has 0 amide bonds. The van der Waals surface area contributed by atoms with Crippen molar-refractivity contribution >= 4 is 28.6 Å². The summed E-state index contributed by atoms with van der Waals surface area (Å²) in [7, 11) is 0. The molecule has 0 spiro atoms. The molecule has 0 aromatic heterocycles. The van der Waals surface area contributed by atoms with Gasteiger partial charge in [0.2, 0.25) is 5.24 Å². The highest BCUT2D eigenvalue weighted by atomic mass is 35.5. The zero-order valence-corrected chi connectivity index (χ0v) is 17.7. The first-order valence-corrected chi connectivity index (χ1v) is 12.1.